The summed E-state index contributed by atoms with van der Waals surface area (Å²) in [6.07, 6.45) is 0. The molecule has 0 amide bonds. The summed E-state index contributed by atoms with van der Waals surface area (Å²) in [5.41, 5.74) is 5.54. The third-order valence-electron chi connectivity index (χ3n) is 1.47. The van der Waals surface area contributed by atoms with Crippen LogP contribution in [0.2, 0.25) is 0 Å². The van der Waals surface area contributed by atoms with Crippen LogP contribution in [-0.2, 0) is 0 Å². The van der Waals surface area contributed by atoms with E-state index in [2.05, 4.69) is 27.7 Å². The Hall–Kier alpha value is -0.310. The lowest BCUT2D eigenvalue weighted by molar-refractivity contribution is 0.313. The Balaban J connectivity index is 4.01. The SMILES string of the molecule is CC(C)CN(C(N)=S)C(C)C. The predicted molar refractivity (Wildman–Crippen MR) is 53.5 cm³/mol. The van der Waals surface area contributed by atoms with E-state index in [1.807, 2.05) is 4.90 Å². The van der Waals surface area contributed by atoms with Crippen LogP contribution in [0.3, 0.4) is 0 Å². The maximum Gasteiger partial charge on any atom is 0.166 e. The van der Waals surface area contributed by atoms with Crippen LogP contribution in [0, 0.1) is 5.92 Å². The van der Waals surface area contributed by atoms with Crippen molar-refractivity contribution >= 4 is 17.3 Å². The van der Waals surface area contributed by atoms with Crippen molar-refractivity contribution in [3.63, 3.8) is 0 Å². The third kappa shape index (κ3) is 4.19. The molecule has 0 aliphatic heterocycles. The molecule has 0 spiro atoms. The molecule has 2 nitrogen and oxygen atoms in total. The highest BCUT2D eigenvalue weighted by atomic mass is 32.1. The van der Waals surface area contributed by atoms with E-state index in [4.69, 9.17) is 18.0 Å². The Morgan fingerprint density at radius 3 is 1.91 bits per heavy atom. The van der Waals surface area contributed by atoms with E-state index in [0.717, 1.165) is 6.54 Å². The molecule has 0 unspecified atom stereocenters. The highest BCUT2D eigenvalue weighted by molar-refractivity contribution is 7.80. The lowest BCUT2D eigenvalue weighted by Gasteiger charge is -2.28. The molecule has 0 bridgehead atoms. The predicted octanol–water partition coefficient (Wildman–Crippen LogP) is 1.60. The number of nitrogens with zero attached hydrogens (tertiary/aromatic N) is 1. The monoisotopic (exact) mass is 174 g/mol. The number of nitrogens with two attached hydrogens (primary N) is 1. The van der Waals surface area contributed by atoms with Gasteiger partial charge >= 0.3 is 0 Å². The standard InChI is InChI=1S/C8H18N2S/c1-6(2)5-10(7(3)4)8(9)11/h6-7H,5H2,1-4H3,(H2,9,11). The second kappa shape index (κ2) is 4.54. The summed E-state index contributed by atoms with van der Waals surface area (Å²) in [6.45, 7) is 9.47. The molecular weight excluding hydrogens is 156 g/mol. The highest BCUT2D eigenvalue weighted by Gasteiger charge is 2.11. The van der Waals surface area contributed by atoms with Crippen molar-refractivity contribution in [3.05, 3.63) is 0 Å². The van der Waals surface area contributed by atoms with Crippen molar-refractivity contribution in [1.82, 2.24) is 4.90 Å². The fourth-order valence-corrected chi connectivity index (χ4v) is 1.23. The van der Waals surface area contributed by atoms with E-state index >= 15 is 0 Å². The lowest BCUT2D eigenvalue weighted by Crippen LogP contribution is -2.42. The van der Waals surface area contributed by atoms with Gasteiger partial charge in [-0.15, -0.1) is 0 Å². The molecule has 0 radical (unpaired) electrons. The zero-order chi connectivity index (χ0) is 9.02. The summed E-state index contributed by atoms with van der Waals surface area (Å²) >= 11 is 4.92. The van der Waals surface area contributed by atoms with E-state index in [1.54, 1.807) is 0 Å². The average molecular weight is 174 g/mol. The first-order valence-electron chi connectivity index (χ1n) is 4.01. The largest absolute Gasteiger partial charge is 0.376 e. The summed E-state index contributed by atoms with van der Waals surface area (Å²) in [5.74, 6) is 0.610. The number of hydrogen-bond acceptors (Lipinski definition) is 1. The molecule has 0 atom stereocenters. The molecule has 0 aromatic carbocycles. The second-order valence-corrected chi connectivity index (χ2v) is 3.90. The summed E-state index contributed by atoms with van der Waals surface area (Å²) in [7, 11) is 0. The van der Waals surface area contributed by atoms with Gasteiger partial charge in [0.2, 0.25) is 0 Å². The third-order valence-corrected chi connectivity index (χ3v) is 1.70. The zero-order valence-corrected chi connectivity index (χ0v) is 8.61. The van der Waals surface area contributed by atoms with Crippen molar-refractivity contribution in [2.24, 2.45) is 11.7 Å². The van der Waals surface area contributed by atoms with Gasteiger partial charge in [-0.25, -0.2) is 0 Å². The lowest BCUT2D eigenvalue weighted by atomic mass is 10.2. The molecule has 0 saturated carbocycles. The minimum Gasteiger partial charge on any atom is -0.376 e. The Morgan fingerprint density at radius 2 is 1.82 bits per heavy atom. The van der Waals surface area contributed by atoms with Crippen LogP contribution in [0.1, 0.15) is 27.7 Å². The Morgan fingerprint density at radius 1 is 1.36 bits per heavy atom. The molecule has 0 rings (SSSR count). The summed E-state index contributed by atoms with van der Waals surface area (Å²) in [5, 5.41) is 0.508. The van der Waals surface area contributed by atoms with Crippen LogP contribution >= 0.6 is 12.2 Å². The van der Waals surface area contributed by atoms with E-state index in [-0.39, 0.29) is 0 Å². The van der Waals surface area contributed by atoms with Gasteiger partial charge < -0.3 is 10.6 Å². The minimum atomic E-state index is 0.412. The van der Waals surface area contributed by atoms with Gasteiger partial charge in [0, 0.05) is 12.6 Å². The molecule has 0 aliphatic rings. The maximum absolute atomic E-state index is 5.54. The van der Waals surface area contributed by atoms with Gasteiger partial charge in [-0.1, -0.05) is 13.8 Å². The number of thiocarbonyl (C=S) groups is 1. The van der Waals surface area contributed by atoms with Crippen LogP contribution in [-0.4, -0.2) is 22.6 Å². The molecule has 3 heteroatoms. The maximum atomic E-state index is 5.54. The molecule has 2 N–H and O–H groups in total. The van der Waals surface area contributed by atoms with E-state index in [9.17, 15) is 0 Å². The molecule has 66 valence electrons. The van der Waals surface area contributed by atoms with Crippen LogP contribution in [0.25, 0.3) is 0 Å². The molecule has 0 aromatic rings. The first kappa shape index (κ1) is 10.7. The normalized spacial score (nSPS) is 10.7. The van der Waals surface area contributed by atoms with Crippen molar-refractivity contribution in [1.29, 1.82) is 0 Å². The first-order chi connectivity index (χ1) is 4.95. The molecular formula is C8H18N2S. The van der Waals surface area contributed by atoms with Gasteiger partial charge in [0.1, 0.15) is 0 Å². The van der Waals surface area contributed by atoms with Gasteiger partial charge in [0.15, 0.2) is 5.11 Å². The average Bonchev–Trinajstić information content (AvgIpc) is 1.81. The molecule has 0 aromatic heterocycles. The Kier molecular flexibility index (Phi) is 4.42. The fourth-order valence-electron chi connectivity index (χ4n) is 0.949. The van der Waals surface area contributed by atoms with E-state index < -0.39 is 0 Å². The summed E-state index contributed by atoms with van der Waals surface area (Å²) in [6, 6.07) is 0.412. The molecule has 0 aliphatic carbocycles. The van der Waals surface area contributed by atoms with Crippen molar-refractivity contribution in [2.75, 3.05) is 6.54 Å². The van der Waals surface area contributed by atoms with Crippen LogP contribution in [0.4, 0.5) is 0 Å². The van der Waals surface area contributed by atoms with Gasteiger partial charge in [0.05, 0.1) is 0 Å². The Bertz CT molecular complexity index is 132. The van der Waals surface area contributed by atoms with Gasteiger partial charge in [-0.2, -0.15) is 0 Å². The van der Waals surface area contributed by atoms with Crippen LogP contribution < -0.4 is 5.73 Å². The van der Waals surface area contributed by atoms with Crippen molar-refractivity contribution in [2.45, 2.75) is 33.7 Å². The summed E-state index contributed by atoms with van der Waals surface area (Å²) in [4.78, 5) is 2.04. The van der Waals surface area contributed by atoms with Crippen molar-refractivity contribution < 1.29 is 0 Å². The minimum absolute atomic E-state index is 0.412. The van der Waals surface area contributed by atoms with E-state index in [0.29, 0.717) is 17.1 Å². The molecule has 0 saturated heterocycles. The number of rotatable bonds is 3. The van der Waals surface area contributed by atoms with Crippen LogP contribution in [0.15, 0.2) is 0 Å². The molecule has 0 heterocycles. The summed E-state index contributed by atoms with van der Waals surface area (Å²) < 4.78 is 0. The smallest absolute Gasteiger partial charge is 0.166 e. The zero-order valence-electron chi connectivity index (χ0n) is 7.79. The molecule has 11 heavy (non-hydrogen) atoms. The van der Waals surface area contributed by atoms with Gasteiger partial charge in [-0.05, 0) is 32.0 Å². The van der Waals surface area contributed by atoms with Crippen LogP contribution in [0.5, 0.6) is 0 Å². The van der Waals surface area contributed by atoms with Gasteiger partial charge in [0.25, 0.3) is 0 Å². The molecule has 0 fully saturated rings. The van der Waals surface area contributed by atoms with Gasteiger partial charge in [-0.3, -0.25) is 0 Å². The first-order valence-corrected chi connectivity index (χ1v) is 4.42. The second-order valence-electron chi connectivity index (χ2n) is 3.48. The highest BCUT2D eigenvalue weighted by Crippen LogP contribution is 2.03. The topological polar surface area (TPSA) is 29.3 Å². The van der Waals surface area contributed by atoms with Crippen molar-refractivity contribution in [3.8, 4) is 0 Å². The quantitative estimate of drug-likeness (QED) is 0.659. The fraction of sp³-hybridized carbons (Fsp3) is 0.875. The number of hydrogen-bond donors (Lipinski definition) is 1. The Labute approximate surface area is 74.8 Å². The van der Waals surface area contributed by atoms with E-state index in [1.165, 1.54) is 0 Å².